The van der Waals surface area contributed by atoms with Crippen LogP contribution in [0.2, 0.25) is 5.15 Å². The largest absolute Gasteiger partial charge is 0.398 e. The Bertz CT molecular complexity index is 786. The van der Waals surface area contributed by atoms with Crippen LogP contribution in [0.3, 0.4) is 0 Å². The van der Waals surface area contributed by atoms with E-state index in [2.05, 4.69) is 14.7 Å². The van der Waals surface area contributed by atoms with Crippen LogP contribution in [0.1, 0.15) is 16.8 Å². The number of sulfonamides is 1. The Hall–Kier alpha value is -1.86. The van der Waals surface area contributed by atoms with E-state index in [1.807, 2.05) is 0 Å². The molecule has 0 aliphatic rings. The fourth-order valence-electron chi connectivity index (χ4n) is 1.88. The van der Waals surface area contributed by atoms with Crippen molar-refractivity contribution in [2.45, 2.75) is 25.7 Å². The van der Waals surface area contributed by atoms with Crippen LogP contribution >= 0.6 is 11.6 Å². The predicted octanol–water partition coefficient (Wildman–Crippen LogP) is 2.44. The lowest BCUT2D eigenvalue weighted by Crippen LogP contribution is -2.17. The topological polar surface area (TPSA) is 98.0 Å². The number of aromatic nitrogens is 2. The van der Waals surface area contributed by atoms with Gasteiger partial charge >= 0.3 is 0 Å². The van der Waals surface area contributed by atoms with Gasteiger partial charge in [-0.05, 0) is 50.1 Å². The Labute approximate surface area is 128 Å². The van der Waals surface area contributed by atoms with E-state index in [4.69, 9.17) is 17.3 Å². The molecule has 0 atom stereocenters. The number of nitrogens with zero attached hydrogens (tertiary/aromatic N) is 2. The Morgan fingerprint density at radius 2 is 1.81 bits per heavy atom. The smallest absolute Gasteiger partial charge is 0.264 e. The molecule has 1 aromatic carbocycles. The van der Waals surface area contributed by atoms with E-state index in [1.165, 1.54) is 6.07 Å². The lowest BCUT2D eigenvalue weighted by Gasteiger charge is -2.12. The highest BCUT2D eigenvalue weighted by Gasteiger charge is 2.20. The molecule has 0 saturated carbocycles. The number of nitrogens with one attached hydrogen (secondary N) is 1. The summed E-state index contributed by atoms with van der Waals surface area (Å²) in [5, 5.41) is 0.167. The minimum atomic E-state index is -3.84. The molecule has 0 bridgehead atoms. The van der Waals surface area contributed by atoms with Crippen molar-refractivity contribution in [1.82, 2.24) is 9.97 Å². The third kappa shape index (κ3) is 3.43. The first-order valence-electron chi connectivity index (χ1n) is 6.10. The van der Waals surface area contributed by atoms with Gasteiger partial charge in [-0.2, -0.15) is 0 Å². The maximum absolute atomic E-state index is 12.5. The van der Waals surface area contributed by atoms with Gasteiger partial charge in [0.05, 0.1) is 4.90 Å². The zero-order chi connectivity index (χ0) is 15.8. The summed E-state index contributed by atoms with van der Waals surface area (Å²) in [7, 11) is -3.84. The zero-order valence-electron chi connectivity index (χ0n) is 11.8. The molecule has 1 aromatic heterocycles. The third-order valence-electron chi connectivity index (χ3n) is 2.88. The fourth-order valence-corrected chi connectivity index (χ4v) is 3.42. The average Bonchev–Trinajstić information content (AvgIpc) is 2.31. The first-order valence-corrected chi connectivity index (χ1v) is 7.96. The first kappa shape index (κ1) is 15.5. The molecule has 0 unspecified atom stereocenters. The van der Waals surface area contributed by atoms with E-state index < -0.39 is 10.0 Å². The number of nitrogens with two attached hydrogens (primary N) is 1. The summed E-state index contributed by atoms with van der Waals surface area (Å²) < 4.78 is 27.2. The molecule has 1 heterocycles. The van der Waals surface area contributed by atoms with E-state index >= 15 is 0 Å². The molecule has 112 valence electrons. The van der Waals surface area contributed by atoms with Crippen LogP contribution in [0.5, 0.6) is 0 Å². The molecule has 0 fully saturated rings. The summed E-state index contributed by atoms with van der Waals surface area (Å²) in [4.78, 5) is 7.95. The van der Waals surface area contributed by atoms with Crippen molar-refractivity contribution >= 4 is 33.3 Å². The number of anilines is 2. The first-order chi connectivity index (χ1) is 9.69. The van der Waals surface area contributed by atoms with E-state index in [-0.39, 0.29) is 16.0 Å². The minimum Gasteiger partial charge on any atom is -0.398 e. The second-order valence-electron chi connectivity index (χ2n) is 4.74. The van der Waals surface area contributed by atoms with Crippen LogP contribution in [0.25, 0.3) is 0 Å². The Balaban J connectivity index is 2.48. The number of rotatable bonds is 3. The molecule has 2 aromatic rings. The number of hydrogen-bond acceptors (Lipinski definition) is 5. The highest BCUT2D eigenvalue weighted by Crippen LogP contribution is 2.24. The lowest BCUT2D eigenvalue weighted by atomic mass is 10.1. The van der Waals surface area contributed by atoms with Gasteiger partial charge in [-0.3, -0.25) is 0 Å². The van der Waals surface area contributed by atoms with Gasteiger partial charge in [0, 0.05) is 11.4 Å². The number of benzene rings is 1. The molecular formula is C13H15ClN4O2S. The number of aryl methyl sites for hydroxylation is 2. The van der Waals surface area contributed by atoms with E-state index in [9.17, 15) is 8.42 Å². The molecule has 3 N–H and O–H groups in total. The van der Waals surface area contributed by atoms with Crippen LogP contribution in [0, 0.1) is 20.8 Å². The summed E-state index contributed by atoms with van der Waals surface area (Å²) >= 11 is 5.80. The lowest BCUT2D eigenvalue weighted by molar-refractivity contribution is 0.600. The van der Waals surface area contributed by atoms with Crippen molar-refractivity contribution in [3.05, 3.63) is 40.2 Å². The summed E-state index contributed by atoms with van der Waals surface area (Å²) in [6, 6.07) is 4.80. The van der Waals surface area contributed by atoms with Gasteiger partial charge in [-0.25, -0.2) is 23.1 Å². The summed E-state index contributed by atoms with van der Waals surface area (Å²) in [5.74, 6) is -0.0699. The monoisotopic (exact) mass is 326 g/mol. The molecule has 2 rings (SSSR count). The predicted molar refractivity (Wildman–Crippen MR) is 82.9 cm³/mol. The van der Waals surface area contributed by atoms with Crippen molar-refractivity contribution in [3.8, 4) is 0 Å². The Morgan fingerprint density at radius 1 is 1.14 bits per heavy atom. The van der Waals surface area contributed by atoms with Crippen molar-refractivity contribution in [2.24, 2.45) is 0 Å². The van der Waals surface area contributed by atoms with Crippen molar-refractivity contribution in [1.29, 1.82) is 0 Å². The third-order valence-corrected chi connectivity index (χ3v) is 4.53. The van der Waals surface area contributed by atoms with Crippen molar-refractivity contribution < 1.29 is 8.42 Å². The zero-order valence-corrected chi connectivity index (χ0v) is 13.4. The highest BCUT2D eigenvalue weighted by molar-refractivity contribution is 7.92. The van der Waals surface area contributed by atoms with Gasteiger partial charge in [0.25, 0.3) is 10.0 Å². The number of nitrogen functional groups attached to an aromatic ring is 1. The SMILES string of the molecule is Cc1cc(N)c(C)c(S(=O)(=O)Nc2nc(C)cc(Cl)n2)c1. The van der Waals surface area contributed by atoms with E-state index in [0.29, 0.717) is 16.9 Å². The Kier molecular flexibility index (Phi) is 4.06. The quantitative estimate of drug-likeness (QED) is 0.666. The number of halogens is 1. The minimum absolute atomic E-state index is 0.0699. The highest BCUT2D eigenvalue weighted by atomic mass is 35.5. The fraction of sp³-hybridized carbons (Fsp3) is 0.231. The van der Waals surface area contributed by atoms with Gasteiger partial charge in [0.1, 0.15) is 5.15 Å². The molecule has 0 aliphatic carbocycles. The van der Waals surface area contributed by atoms with Crippen LogP contribution in [0.15, 0.2) is 23.1 Å². The maximum atomic E-state index is 12.5. The van der Waals surface area contributed by atoms with Crippen LogP contribution in [-0.2, 0) is 10.0 Å². The normalized spacial score (nSPS) is 11.4. The van der Waals surface area contributed by atoms with Crippen LogP contribution in [-0.4, -0.2) is 18.4 Å². The van der Waals surface area contributed by atoms with Crippen LogP contribution < -0.4 is 10.5 Å². The van der Waals surface area contributed by atoms with Gasteiger partial charge in [0.2, 0.25) is 5.95 Å². The Morgan fingerprint density at radius 3 is 2.43 bits per heavy atom. The molecule has 0 amide bonds. The molecule has 21 heavy (non-hydrogen) atoms. The summed E-state index contributed by atoms with van der Waals surface area (Å²) in [6.45, 7) is 5.11. The molecule has 6 nitrogen and oxygen atoms in total. The van der Waals surface area contributed by atoms with Crippen molar-refractivity contribution in [2.75, 3.05) is 10.5 Å². The second kappa shape index (κ2) is 5.50. The van der Waals surface area contributed by atoms with E-state index in [1.54, 1.807) is 32.9 Å². The second-order valence-corrected chi connectivity index (χ2v) is 6.78. The standard InChI is InChI=1S/C13H15ClN4O2S/c1-7-4-10(15)9(3)11(5-7)21(19,20)18-13-16-8(2)6-12(14)17-13/h4-6H,15H2,1-3H3,(H,16,17,18). The molecule has 8 heteroatoms. The summed E-state index contributed by atoms with van der Waals surface area (Å²) in [5.41, 5.74) is 8.02. The van der Waals surface area contributed by atoms with E-state index in [0.717, 1.165) is 5.56 Å². The van der Waals surface area contributed by atoms with Gasteiger partial charge < -0.3 is 5.73 Å². The number of hydrogen-bond donors (Lipinski definition) is 2. The maximum Gasteiger partial charge on any atom is 0.264 e. The molecule has 0 aliphatic heterocycles. The van der Waals surface area contributed by atoms with Gasteiger partial charge in [-0.15, -0.1) is 0 Å². The molecular weight excluding hydrogens is 312 g/mol. The molecule has 0 saturated heterocycles. The average molecular weight is 327 g/mol. The molecule has 0 spiro atoms. The van der Waals surface area contributed by atoms with Crippen molar-refractivity contribution in [3.63, 3.8) is 0 Å². The molecule has 0 radical (unpaired) electrons. The summed E-state index contributed by atoms with van der Waals surface area (Å²) in [6.07, 6.45) is 0. The van der Waals surface area contributed by atoms with Gasteiger partial charge in [-0.1, -0.05) is 11.6 Å². The van der Waals surface area contributed by atoms with Gasteiger partial charge in [0.15, 0.2) is 0 Å². The van der Waals surface area contributed by atoms with Crippen LogP contribution in [0.4, 0.5) is 11.6 Å².